The number of nitrogens with one attached hydrogen (secondary N) is 1. The molecule has 2 rings (SSSR count). The van der Waals surface area contributed by atoms with Gasteiger partial charge in [-0.3, -0.25) is 9.59 Å². The Kier molecular flexibility index (Phi) is 6.43. The molecule has 0 unspecified atom stereocenters. The fraction of sp³-hybridized carbons (Fsp3) is 0.529. The monoisotopic (exact) mass is 336 g/mol. The van der Waals surface area contributed by atoms with Crippen molar-refractivity contribution in [1.82, 2.24) is 10.2 Å². The minimum atomic E-state index is -0.321. The van der Waals surface area contributed by atoms with Crippen molar-refractivity contribution >= 4 is 11.8 Å². The average Bonchev–Trinajstić information content (AvgIpc) is 2.98. The summed E-state index contributed by atoms with van der Waals surface area (Å²) in [6, 6.07) is 5.44. The third-order valence-corrected chi connectivity index (χ3v) is 4.10. The molecule has 1 N–H and O–H groups in total. The van der Waals surface area contributed by atoms with Gasteiger partial charge in [0, 0.05) is 44.8 Å². The molecule has 0 spiro atoms. The Labute approximate surface area is 141 Å². The number of hydrogen-bond donors (Lipinski definition) is 1. The molecule has 0 saturated carbocycles. The number of carbonyl (C=O) groups excluding carboxylic acids is 2. The van der Waals surface area contributed by atoms with Gasteiger partial charge in [0.1, 0.15) is 11.5 Å². The van der Waals surface area contributed by atoms with Gasteiger partial charge in [0.25, 0.3) is 0 Å². The number of benzene rings is 1. The van der Waals surface area contributed by atoms with E-state index in [-0.39, 0.29) is 24.2 Å². The number of methoxy groups -OCH3 is 3. The first-order valence-electron chi connectivity index (χ1n) is 7.84. The molecule has 1 aliphatic rings. The zero-order chi connectivity index (χ0) is 17.5. The summed E-state index contributed by atoms with van der Waals surface area (Å²) in [7, 11) is 4.75. The molecule has 1 fully saturated rings. The van der Waals surface area contributed by atoms with Crippen LogP contribution in [0.5, 0.6) is 11.5 Å². The number of rotatable bonds is 8. The Morgan fingerprint density at radius 2 is 2.08 bits per heavy atom. The van der Waals surface area contributed by atoms with Crippen molar-refractivity contribution in [2.75, 3.05) is 41.0 Å². The maximum absolute atomic E-state index is 12.3. The predicted octanol–water partition coefficient (Wildman–Crippen LogP) is 0.815. The molecule has 1 aliphatic heterocycles. The molecule has 7 nitrogen and oxygen atoms in total. The van der Waals surface area contributed by atoms with Crippen LogP contribution in [0.4, 0.5) is 0 Å². The van der Waals surface area contributed by atoms with Gasteiger partial charge < -0.3 is 24.4 Å². The van der Waals surface area contributed by atoms with Crippen LogP contribution in [0.15, 0.2) is 18.2 Å². The van der Waals surface area contributed by atoms with E-state index in [0.29, 0.717) is 37.7 Å². The van der Waals surface area contributed by atoms with Gasteiger partial charge in [-0.15, -0.1) is 0 Å². The standard InChI is InChI=1S/C17H24N2O5/c1-22-7-6-19-11-13(8-16(19)20)17(21)18-10-12-4-5-14(23-2)9-15(12)24-3/h4-5,9,13H,6-8,10-11H2,1-3H3,(H,18,21)/t13-/m0/s1. The molecule has 1 saturated heterocycles. The lowest BCUT2D eigenvalue weighted by Crippen LogP contribution is -2.33. The molecule has 2 amide bonds. The van der Waals surface area contributed by atoms with E-state index in [1.807, 2.05) is 12.1 Å². The number of hydrogen-bond acceptors (Lipinski definition) is 5. The van der Waals surface area contributed by atoms with Crippen LogP contribution in [0.1, 0.15) is 12.0 Å². The van der Waals surface area contributed by atoms with Crippen LogP contribution in [-0.2, 0) is 20.9 Å². The Balaban J connectivity index is 1.91. The van der Waals surface area contributed by atoms with E-state index >= 15 is 0 Å². The van der Waals surface area contributed by atoms with Crippen molar-refractivity contribution in [1.29, 1.82) is 0 Å². The lowest BCUT2D eigenvalue weighted by atomic mass is 10.1. The normalized spacial score (nSPS) is 17.0. The number of carbonyl (C=O) groups is 2. The van der Waals surface area contributed by atoms with Gasteiger partial charge in [0.05, 0.1) is 26.7 Å². The Morgan fingerprint density at radius 3 is 2.75 bits per heavy atom. The smallest absolute Gasteiger partial charge is 0.225 e. The second kappa shape index (κ2) is 8.54. The quantitative estimate of drug-likeness (QED) is 0.760. The SMILES string of the molecule is COCCN1C[C@@H](C(=O)NCc2ccc(OC)cc2OC)CC1=O. The van der Waals surface area contributed by atoms with Gasteiger partial charge in [0.15, 0.2) is 0 Å². The summed E-state index contributed by atoms with van der Waals surface area (Å²) in [5.74, 6) is 0.893. The fourth-order valence-corrected chi connectivity index (χ4v) is 2.69. The van der Waals surface area contributed by atoms with E-state index < -0.39 is 0 Å². The van der Waals surface area contributed by atoms with Crippen molar-refractivity contribution in [3.63, 3.8) is 0 Å². The number of likely N-dealkylation sites (tertiary alicyclic amines) is 1. The van der Waals surface area contributed by atoms with Gasteiger partial charge in [0.2, 0.25) is 11.8 Å². The molecule has 1 aromatic rings. The average molecular weight is 336 g/mol. The highest BCUT2D eigenvalue weighted by molar-refractivity contribution is 5.89. The zero-order valence-electron chi connectivity index (χ0n) is 14.3. The van der Waals surface area contributed by atoms with Crippen molar-refractivity contribution in [3.8, 4) is 11.5 Å². The van der Waals surface area contributed by atoms with Crippen LogP contribution in [0.3, 0.4) is 0 Å². The fourth-order valence-electron chi connectivity index (χ4n) is 2.69. The lowest BCUT2D eigenvalue weighted by molar-refractivity contribution is -0.129. The molecule has 0 aliphatic carbocycles. The van der Waals surface area contributed by atoms with Crippen LogP contribution in [0, 0.1) is 5.92 Å². The third-order valence-electron chi connectivity index (χ3n) is 4.10. The van der Waals surface area contributed by atoms with E-state index in [4.69, 9.17) is 14.2 Å². The molecule has 1 atom stereocenters. The van der Waals surface area contributed by atoms with Crippen molar-refractivity contribution < 1.29 is 23.8 Å². The highest BCUT2D eigenvalue weighted by atomic mass is 16.5. The maximum Gasteiger partial charge on any atom is 0.225 e. The molecule has 0 aromatic heterocycles. The van der Waals surface area contributed by atoms with E-state index in [1.165, 1.54) is 0 Å². The molecule has 7 heteroatoms. The third kappa shape index (κ3) is 4.38. The summed E-state index contributed by atoms with van der Waals surface area (Å²) in [6.07, 6.45) is 0.245. The second-order valence-electron chi connectivity index (χ2n) is 5.63. The van der Waals surface area contributed by atoms with E-state index in [2.05, 4.69) is 5.32 Å². The van der Waals surface area contributed by atoms with E-state index in [9.17, 15) is 9.59 Å². The molecular formula is C17H24N2O5. The van der Waals surface area contributed by atoms with Gasteiger partial charge in [-0.05, 0) is 12.1 Å². The summed E-state index contributed by atoms with van der Waals surface area (Å²) in [5, 5.41) is 2.88. The summed E-state index contributed by atoms with van der Waals surface area (Å²) in [6.45, 7) is 1.77. The maximum atomic E-state index is 12.3. The van der Waals surface area contributed by atoms with Crippen LogP contribution in [0.25, 0.3) is 0 Å². The molecule has 24 heavy (non-hydrogen) atoms. The second-order valence-corrected chi connectivity index (χ2v) is 5.63. The number of nitrogens with zero attached hydrogens (tertiary/aromatic N) is 1. The first kappa shape index (κ1) is 18.1. The molecular weight excluding hydrogens is 312 g/mol. The Hall–Kier alpha value is -2.28. The van der Waals surface area contributed by atoms with Crippen LogP contribution >= 0.6 is 0 Å². The van der Waals surface area contributed by atoms with Gasteiger partial charge in [-0.1, -0.05) is 0 Å². The lowest BCUT2D eigenvalue weighted by Gasteiger charge is -2.16. The van der Waals surface area contributed by atoms with Crippen molar-refractivity contribution in [3.05, 3.63) is 23.8 Å². The minimum Gasteiger partial charge on any atom is -0.497 e. The predicted molar refractivity (Wildman–Crippen MR) is 88.0 cm³/mol. The highest BCUT2D eigenvalue weighted by Gasteiger charge is 2.33. The van der Waals surface area contributed by atoms with Crippen LogP contribution in [0.2, 0.25) is 0 Å². The van der Waals surface area contributed by atoms with Crippen molar-refractivity contribution in [2.24, 2.45) is 5.92 Å². The summed E-state index contributed by atoms with van der Waals surface area (Å²) >= 11 is 0. The van der Waals surface area contributed by atoms with Crippen LogP contribution < -0.4 is 14.8 Å². The van der Waals surface area contributed by atoms with Gasteiger partial charge >= 0.3 is 0 Å². The molecule has 0 bridgehead atoms. The minimum absolute atomic E-state index is 0.00534. The summed E-state index contributed by atoms with van der Waals surface area (Å²) in [5.41, 5.74) is 0.854. The number of ether oxygens (including phenoxy) is 3. The van der Waals surface area contributed by atoms with Gasteiger partial charge in [-0.25, -0.2) is 0 Å². The van der Waals surface area contributed by atoms with E-state index in [1.54, 1.807) is 32.3 Å². The number of amides is 2. The highest BCUT2D eigenvalue weighted by Crippen LogP contribution is 2.25. The van der Waals surface area contributed by atoms with E-state index in [0.717, 1.165) is 5.56 Å². The van der Waals surface area contributed by atoms with Crippen molar-refractivity contribution in [2.45, 2.75) is 13.0 Å². The van der Waals surface area contributed by atoms with Gasteiger partial charge in [-0.2, -0.15) is 0 Å². The first-order valence-corrected chi connectivity index (χ1v) is 7.84. The Bertz CT molecular complexity index is 590. The molecule has 1 heterocycles. The largest absolute Gasteiger partial charge is 0.497 e. The topological polar surface area (TPSA) is 77.1 Å². The summed E-state index contributed by atoms with van der Waals surface area (Å²) in [4.78, 5) is 25.9. The molecule has 0 radical (unpaired) electrons. The zero-order valence-corrected chi connectivity index (χ0v) is 14.3. The molecule has 132 valence electrons. The first-order chi connectivity index (χ1) is 11.6. The Morgan fingerprint density at radius 1 is 1.29 bits per heavy atom. The van der Waals surface area contributed by atoms with Crippen LogP contribution in [-0.4, -0.2) is 57.7 Å². The summed E-state index contributed by atoms with van der Waals surface area (Å²) < 4.78 is 15.4. The molecule has 1 aromatic carbocycles.